The number of alkyl halides is 3. The molecule has 1 unspecified atom stereocenters. The zero-order valence-electron chi connectivity index (χ0n) is 11.0. The Balaban J connectivity index is 2.28. The molecule has 2 aromatic rings. The van der Waals surface area contributed by atoms with Gasteiger partial charge in [0.2, 0.25) is 0 Å². The molecular weight excluding hydrogens is 267 g/mol. The molecule has 0 saturated carbocycles. The summed E-state index contributed by atoms with van der Waals surface area (Å²) in [6.45, 7) is 2.52. The second kappa shape index (κ2) is 5.66. The molecule has 20 heavy (non-hydrogen) atoms. The first-order valence-electron chi connectivity index (χ1n) is 6.34. The van der Waals surface area contributed by atoms with E-state index in [-0.39, 0.29) is 5.92 Å². The summed E-state index contributed by atoms with van der Waals surface area (Å²) in [4.78, 5) is 7.27. The van der Waals surface area contributed by atoms with Gasteiger partial charge in [0.1, 0.15) is 5.82 Å². The van der Waals surface area contributed by atoms with Gasteiger partial charge in [-0.05, 0) is 25.1 Å². The number of nitrogens with one attached hydrogen (secondary N) is 1. The van der Waals surface area contributed by atoms with Crippen LogP contribution in [0.3, 0.4) is 0 Å². The van der Waals surface area contributed by atoms with E-state index in [2.05, 4.69) is 9.97 Å². The monoisotopic (exact) mass is 283 g/mol. The number of imidazole rings is 1. The average molecular weight is 283 g/mol. The average Bonchev–Trinajstić information content (AvgIpc) is 2.88. The first-order valence-corrected chi connectivity index (χ1v) is 6.34. The van der Waals surface area contributed by atoms with Crippen LogP contribution in [-0.2, 0) is 6.18 Å². The Hall–Kier alpha value is -1.82. The summed E-state index contributed by atoms with van der Waals surface area (Å²) >= 11 is 0. The fraction of sp³-hybridized carbons (Fsp3) is 0.357. The van der Waals surface area contributed by atoms with Crippen molar-refractivity contribution in [2.75, 3.05) is 6.54 Å². The van der Waals surface area contributed by atoms with Crippen LogP contribution in [0.5, 0.6) is 0 Å². The molecule has 1 aromatic heterocycles. The molecule has 3 nitrogen and oxygen atoms in total. The highest BCUT2D eigenvalue weighted by Crippen LogP contribution is 2.32. The van der Waals surface area contributed by atoms with E-state index in [4.69, 9.17) is 5.73 Å². The number of H-pyrrole nitrogens is 1. The summed E-state index contributed by atoms with van der Waals surface area (Å²) in [5.41, 5.74) is 5.87. The number of aromatic amines is 1. The van der Waals surface area contributed by atoms with E-state index in [1.807, 2.05) is 6.92 Å². The minimum atomic E-state index is -4.34. The third-order valence-corrected chi connectivity index (χ3v) is 3.16. The maximum absolute atomic E-state index is 12.7. The zero-order valence-corrected chi connectivity index (χ0v) is 11.0. The van der Waals surface area contributed by atoms with Crippen molar-refractivity contribution in [3.8, 4) is 11.3 Å². The molecule has 0 saturated heterocycles. The van der Waals surface area contributed by atoms with Crippen molar-refractivity contribution in [1.82, 2.24) is 9.97 Å². The molecule has 0 amide bonds. The first-order chi connectivity index (χ1) is 9.41. The number of nitrogens with two attached hydrogens (primary N) is 1. The quantitative estimate of drug-likeness (QED) is 0.901. The highest BCUT2D eigenvalue weighted by molar-refractivity contribution is 5.59. The lowest BCUT2D eigenvalue weighted by atomic mass is 10.1. The minimum Gasteiger partial charge on any atom is -0.342 e. The van der Waals surface area contributed by atoms with Crippen LogP contribution >= 0.6 is 0 Å². The van der Waals surface area contributed by atoms with E-state index in [1.165, 1.54) is 6.07 Å². The van der Waals surface area contributed by atoms with Gasteiger partial charge in [0.15, 0.2) is 0 Å². The van der Waals surface area contributed by atoms with Crippen LogP contribution in [0.25, 0.3) is 11.3 Å². The van der Waals surface area contributed by atoms with Gasteiger partial charge in [0.25, 0.3) is 0 Å². The highest BCUT2D eigenvalue weighted by atomic mass is 19.4. The number of halogens is 3. The fourth-order valence-electron chi connectivity index (χ4n) is 1.98. The molecule has 0 aliphatic heterocycles. The molecule has 1 aromatic carbocycles. The smallest absolute Gasteiger partial charge is 0.342 e. The molecule has 0 radical (unpaired) electrons. The fourth-order valence-corrected chi connectivity index (χ4v) is 1.98. The number of aromatic nitrogens is 2. The third-order valence-electron chi connectivity index (χ3n) is 3.16. The lowest BCUT2D eigenvalue weighted by Gasteiger charge is -2.08. The summed E-state index contributed by atoms with van der Waals surface area (Å²) in [5.74, 6) is 0.891. The van der Waals surface area contributed by atoms with E-state index in [0.717, 1.165) is 24.4 Å². The van der Waals surface area contributed by atoms with Crippen LogP contribution in [0, 0.1) is 0 Å². The van der Waals surface area contributed by atoms with Gasteiger partial charge in [-0.15, -0.1) is 0 Å². The van der Waals surface area contributed by atoms with Crippen molar-refractivity contribution in [2.24, 2.45) is 5.73 Å². The van der Waals surface area contributed by atoms with Gasteiger partial charge in [0, 0.05) is 11.5 Å². The second-order valence-corrected chi connectivity index (χ2v) is 4.74. The molecule has 1 heterocycles. The number of rotatable bonds is 4. The molecular formula is C14H16F3N3. The molecule has 1 atom stereocenters. The standard InChI is InChI=1S/C14H16F3N3/c1-9(5-6-18)13-19-8-12(20-13)10-3-2-4-11(7-10)14(15,16)17/h2-4,7-9H,5-6,18H2,1H3,(H,19,20). The summed E-state index contributed by atoms with van der Waals surface area (Å²) in [6, 6.07) is 5.19. The van der Waals surface area contributed by atoms with Crippen molar-refractivity contribution in [3.63, 3.8) is 0 Å². The number of hydrogen-bond acceptors (Lipinski definition) is 2. The van der Waals surface area contributed by atoms with E-state index in [1.54, 1.807) is 12.3 Å². The van der Waals surface area contributed by atoms with E-state index in [9.17, 15) is 13.2 Å². The predicted molar refractivity (Wildman–Crippen MR) is 71.1 cm³/mol. The van der Waals surface area contributed by atoms with Gasteiger partial charge in [-0.2, -0.15) is 13.2 Å². The van der Waals surface area contributed by atoms with Crippen molar-refractivity contribution < 1.29 is 13.2 Å². The van der Waals surface area contributed by atoms with Crippen molar-refractivity contribution in [1.29, 1.82) is 0 Å². The van der Waals surface area contributed by atoms with E-state index in [0.29, 0.717) is 17.8 Å². The second-order valence-electron chi connectivity index (χ2n) is 4.74. The molecule has 0 bridgehead atoms. The van der Waals surface area contributed by atoms with Gasteiger partial charge in [-0.1, -0.05) is 19.1 Å². The predicted octanol–water partition coefficient (Wildman–Crippen LogP) is 3.55. The van der Waals surface area contributed by atoms with Crippen LogP contribution in [0.15, 0.2) is 30.5 Å². The van der Waals surface area contributed by atoms with Crippen LogP contribution in [0.2, 0.25) is 0 Å². The summed E-state index contributed by atoms with van der Waals surface area (Å²) in [6.07, 6.45) is -2.01. The molecule has 2 rings (SSSR count). The Morgan fingerprint density at radius 2 is 2.10 bits per heavy atom. The molecule has 108 valence electrons. The van der Waals surface area contributed by atoms with Crippen LogP contribution < -0.4 is 5.73 Å². The zero-order chi connectivity index (χ0) is 14.8. The third kappa shape index (κ3) is 3.19. The molecule has 6 heteroatoms. The molecule has 0 fully saturated rings. The van der Waals surface area contributed by atoms with Gasteiger partial charge >= 0.3 is 6.18 Å². The summed E-state index contributed by atoms with van der Waals surface area (Å²) in [5, 5.41) is 0. The Morgan fingerprint density at radius 1 is 1.35 bits per heavy atom. The van der Waals surface area contributed by atoms with Crippen molar-refractivity contribution >= 4 is 0 Å². The van der Waals surface area contributed by atoms with Crippen molar-refractivity contribution in [2.45, 2.75) is 25.4 Å². The van der Waals surface area contributed by atoms with Gasteiger partial charge in [-0.3, -0.25) is 0 Å². The maximum atomic E-state index is 12.7. The first kappa shape index (κ1) is 14.6. The summed E-state index contributed by atoms with van der Waals surface area (Å²) in [7, 11) is 0. The number of benzene rings is 1. The van der Waals surface area contributed by atoms with Crippen LogP contribution in [-0.4, -0.2) is 16.5 Å². The Labute approximate surface area is 115 Å². The Bertz CT molecular complexity index is 575. The Kier molecular flexibility index (Phi) is 4.13. The van der Waals surface area contributed by atoms with E-state index < -0.39 is 11.7 Å². The van der Waals surface area contributed by atoms with Gasteiger partial charge < -0.3 is 10.7 Å². The Morgan fingerprint density at radius 3 is 2.75 bits per heavy atom. The topological polar surface area (TPSA) is 54.7 Å². The number of nitrogens with zero attached hydrogens (tertiary/aromatic N) is 1. The largest absolute Gasteiger partial charge is 0.416 e. The van der Waals surface area contributed by atoms with Crippen molar-refractivity contribution in [3.05, 3.63) is 41.9 Å². The lowest BCUT2D eigenvalue weighted by molar-refractivity contribution is -0.137. The minimum absolute atomic E-state index is 0.152. The number of hydrogen-bond donors (Lipinski definition) is 2. The van der Waals surface area contributed by atoms with E-state index >= 15 is 0 Å². The molecule has 3 N–H and O–H groups in total. The maximum Gasteiger partial charge on any atom is 0.416 e. The van der Waals surface area contributed by atoms with Gasteiger partial charge in [-0.25, -0.2) is 4.98 Å². The van der Waals surface area contributed by atoms with Crippen LogP contribution in [0.4, 0.5) is 13.2 Å². The molecule has 0 aliphatic carbocycles. The van der Waals surface area contributed by atoms with Gasteiger partial charge in [0.05, 0.1) is 17.5 Å². The highest BCUT2D eigenvalue weighted by Gasteiger charge is 2.30. The summed E-state index contributed by atoms with van der Waals surface area (Å²) < 4.78 is 38.0. The normalized spacial score (nSPS) is 13.4. The molecule has 0 spiro atoms. The van der Waals surface area contributed by atoms with Crippen LogP contribution in [0.1, 0.15) is 30.7 Å². The lowest BCUT2D eigenvalue weighted by Crippen LogP contribution is -2.06. The molecule has 0 aliphatic rings. The SMILES string of the molecule is CC(CCN)c1ncc(-c2cccc(C(F)(F)F)c2)[nH]1.